The fraction of sp³-hybridized carbons (Fsp3) is 1.00. The molecular formula is C6H10Cl2F2O. The van der Waals surface area contributed by atoms with Gasteiger partial charge >= 0.3 is 0 Å². The predicted octanol–water partition coefficient (Wildman–Crippen LogP) is 2.16. The zero-order valence-corrected chi connectivity index (χ0v) is 7.42. The highest BCUT2D eigenvalue weighted by Crippen LogP contribution is 1.99. The van der Waals surface area contributed by atoms with Crippen LogP contribution in [0.3, 0.4) is 0 Å². The first-order chi connectivity index (χ1) is 5.20. The van der Waals surface area contributed by atoms with Crippen LogP contribution < -0.4 is 0 Å². The summed E-state index contributed by atoms with van der Waals surface area (Å²) < 4.78 is 29.2. The first kappa shape index (κ1) is 11.4. The summed E-state index contributed by atoms with van der Waals surface area (Å²) in [5.41, 5.74) is 0. The van der Waals surface area contributed by atoms with E-state index in [1.54, 1.807) is 0 Å². The van der Waals surface area contributed by atoms with Gasteiger partial charge in [-0.15, -0.1) is 23.2 Å². The third kappa shape index (κ3) is 6.78. The maximum Gasteiger partial charge on any atom is 0.137 e. The Bertz CT molecular complexity index is 84.7. The number of alkyl halides is 4. The second-order valence-electron chi connectivity index (χ2n) is 2.04. The Morgan fingerprint density at radius 1 is 1.00 bits per heavy atom. The van der Waals surface area contributed by atoms with E-state index in [9.17, 15) is 8.78 Å². The molecule has 11 heavy (non-hydrogen) atoms. The van der Waals surface area contributed by atoms with Gasteiger partial charge in [-0.05, 0) is 0 Å². The third-order valence-electron chi connectivity index (χ3n) is 0.932. The molecule has 0 spiro atoms. The molecule has 0 bridgehead atoms. The summed E-state index contributed by atoms with van der Waals surface area (Å²) in [6.07, 6.45) is -2.45. The highest BCUT2D eigenvalue weighted by molar-refractivity contribution is 6.18. The van der Waals surface area contributed by atoms with Gasteiger partial charge in [0, 0.05) is 0 Å². The van der Waals surface area contributed by atoms with Gasteiger partial charge in [-0.25, -0.2) is 8.78 Å². The highest BCUT2D eigenvalue weighted by atomic mass is 35.5. The molecule has 0 saturated heterocycles. The molecule has 0 fully saturated rings. The minimum Gasteiger partial charge on any atom is -0.375 e. The largest absolute Gasteiger partial charge is 0.375 e. The average molecular weight is 207 g/mol. The molecule has 0 radical (unpaired) electrons. The minimum absolute atomic E-state index is 0.127. The van der Waals surface area contributed by atoms with Crippen LogP contribution in [0.2, 0.25) is 0 Å². The molecular weight excluding hydrogens is 197 g/mol. The standard InChI is InChI=1S/C6H10Cl2F2O/c7-1-5(9)3-11-4-6(10)2-8/h5-6H,1-4H2. The Morgan fingerprint density at radius 3 is 1.64 bits per heavy atom. The van der Waals surface area contributed by atoms with Crippen LogP contribution in [0.25, 0.3) is 0 Å². The maximum absolute atomic E-state index is 12.3. The van der Waals surface area contributed by atoms with E-state index < -0.39 is 12.3 Å². The lowest BCUT2D eigenvalue weighted by Crippen LogP contribution is -2.18. The van der Waals surface area contributed by atoms with Crippen LogP contribution in [0.15, 0.2) is 0 Å². The van der Waals surface area contributed by atoms with Gasteiger partial charge in [0.15, 0.2) is 0 Å². The number of hydrogen-bond acceptors (Lipinski definition) is 1. The summed E-state index contributed by atoms with van der Waals surface area (Å²) >= 11 is 10.3. The minimum atomic E-state index is -1.22. The average Bonchev–Trinajstić information content (AvgIpc) is 2.04. The molecule has 0 saturated carbocycles. The van der Waals surface area contributed by atoms with Crippen molar-refractivity contribution in [3.8, 4) is 0 Å². The molecule has 0 aliphatic rings. The molecule has 2 unspecified atom stereocenters. The molecule has 0 rings (SSSR count). The molecule has 0 aromatic heterocycles. The number of rotatable bonds is 6. The molecule has 2 atom stereocenters. The van der Waals surface area contributed by atoms with Crippen molar-refractivity contribution in [2.45, 2.75) is 12.3 Å². The monoisotopic (exact) mass is 206 g/mol. The van der Waals surface area contributed by atoms with Crippen molar-refractivity contribution in [3.63, 3.8) is 0 Å². The molecule has 0 aromatic rings. The number of halogens is 4. The molecule has 1 nitrogen and oxygen atoms in total. The van der Waals surface area contributed by atoms with E-state index >= 15 is 0 Å². The van der Waals surface area contributed by atoms with Crippen molar-refractivity contribution in [2.75, 3.05) is 25.0 Å². The van der Waals surface area contributed by atoms with Crippen LogP contribution in [0.1, 0.15) is 0 Å². The van der Waals surface area contributed by atoms with Crippen molar-refractivity contribution in [2.24, 2.45) is 0 Å². The normalized spacial score (nSPS) is 16.4. The summed E-state index contributed by atoms with van der Waals surface area (Å²) in [5.74, 6) is -0.254. The van der Waals surface area contributed by atoms with Crippen molar-refractivity contribution in [1.82, 2.24) is 0 Å². The SMILES string of the molecule is FC(CCl)COCC(F)CCl. The van der Waals surface area contributed by atoms with Crippen molar-refractivity contribution in [1.29, 1.82) is 0 Å². The second-order valence-corrected chi connectivity index (χ2v) is 2.66. The maximum atomic E-state index is 12.3. The van der Waals surface area contributed by atoms with Gasteiger partial charge in [0.1, 0.15) is 12.3 Å². The second kappa shape index (κ2) is 7.07. The quantitative estimate of drug-likeness (QED) is 0.606. The molecule has 0 N–H and O–H groups in total. The van der Waals surface area contributed by atoms with Crippen LogP contribution in [0.5, 0.6) is 0 Å². The lowest BCUT2D eigenvalue weighted by atomic mass is 10.4. The molecule has 0 aliphatic heterocycles. The van der Waals surface area contributed by atoms with Crippen molar-refractivity contribution in [3.05, 3.63) is 0 Å². The third-order valence-corrected chi connectivity index (χ3v) is 1.60. The number of ether oxygens (including phenoxy) is 1. The van der Waals surface area contributed by atoms with Crippen molar-refractivity contribution >= 4 is 23.2 Å². The van der Waals surface area contributed by atoms with Gasteiger partial charge in [0.2, 0.25) is 0 Å². The topological polar surface area (TPSA) is 9.23 Å². The Morgan fingerprint density at radius 2 is 1.36 bits per heavy atom. The van der Waals surface area contributed by atoms with Crippen LogP contribution in [-0.2, 0) is 4.74 Å². The van der Waals surface area contributed by atoms with E-state index in [2.05, 4.69) is 4.74 Å². The van der Waals surface area contributed by atoms with E-state index in [-0.39, 0.29) is 25.0 Å². The summed E-state index contributed by atoms with van der Waals surface area (Å²) in [4.78, 5) is 0. The summed E-state index contributed by atoms with van der Waals surface area (Å²) in [6.45, 7) is -0.332. The van der Waals surface area contributed by atoms with Gasteiger partial charge in [-0.3, -0.25) is 0 Å². The molecule has 0 heterocycles. The lowest BCUT2D eigenvalue weighted by molar-refractivity contribution is 0.0569. The van der Waals surface area contributed by atoms with Gasteiger partial charge in [-0.2, -0.15) is 0 Å². The van der Waals surface area contributed by atoms with Gasteiger partial charge in [-0.1, -0.05) is 0 Å². The van der Waals surface area contributed by atoms with Gasteiger partial charge in [0.05, 0.1) is 25.0 Å². The first-order valence-corrected chi connectivity index (χ1v) is 4.25. The van der Waals surface area contributed by atoms with E-state index in [1.807, 2.05) is 0 Å². The van der Waals surface area contributed by atoms with E-state index in [0.29, 0.717) is 0 Å². The van der Waals surface area contributed by atoms with Crippen LogP contribution >= 0.6 is 23.2 Å². The first-order valence-electron chi connectivity index (χ1n) is 3.18. The fourth-order valence-corrected chi connectivity index (χ4v) is 0.591. The predicted molar refractivity (Wildman–Crippen MR) is 42.1 cm³/mol. The Hall–Kier alpha value is 0.400. The Labute approximate surface area is 74.6 Å². The molecule has 68 valence electrons. The molecule has 5 heteroatoms. The zero-order valence-electron chi connectivity index (χ0n) is 5.90. The number of hydrogen-bond donors (Lipinski definition) is 0. The van der Waals surface area contributed by atoms with E-state index in [1.165, 1.54) is 0 Å². The summed E-state index contributed by atoms with van der Waals surface area (Å²) in [5, 5.41) is 0. The van der Waals surface area contributed by atoms with Crippen LogP contribution in [-0.4, -0.2) is 37.3 Å². The van der Waals surface area contributed by atoms with Crippen molar-refractivity contribution < 1.29 is 13.5 Å². The highest BCUT2D eigenvalue weighted by Gasteiger charge is 2.07. The summed E-state index contributed by atoms with van der Waals surface area (Å²) in [7, 11) is 0. The molecule has 0 aliphatic carbocycles. The summed E-state index contributed by atoms with van der Waals surface area (Å²) in [6, 6.07) is 0. The van der Waals surface area contributed by atoms with Crippen LogP contribution in [0.4, 0.5) is 8.78 Å². The molecule has 0 aromatic carbocycles. The Balaban J connectivity index is 3.13. The zero-order chi connectivity index (χ0) is 8.69. The lowest BCUT2D eigenvalue weighted by Gasteiger charge is -2.07. The van der Waals surface area contributed by atoms with Gasteiger partial charge < -0.3 is 4.74 Å². The van der Waals surface area contributed by atoms with E-state index in [0.717, 1.165) is 0 Å². The Kier molecular flexibility index (Phi) is 7.33. The smallest absolute Gasteiger partial charge is 0.137 e. The van der Waals surface area contributed by atoms with Crippen LogP contribution in [0, 0.1) is 0 Å². The molecule has 0 amide bonds. The fourth-order valence-electron chi connectivity index (χ4n) is 0.413. The van der Waals surface area contributed by atoms with Gasteiger partial charge in [0.25, 0.3) is 0 Å². The van der Waals surface area contributed by atoms with E-state index in [4.69, 9.17) is 23.2 Å².